The van der Waals surface area contributed by atoms with E-state index in [1.54, 1.807) is 0 Å². The highest BCUT2D eigenvalue weighted by Gasteiger charge is 2.56. The van der Waals surface area contributed by atoms with E-state index in [-0.39, 0.29) is 4.64 Å². The van der Waals surface area contributed by atoms with Gasteiger partial charge in [0.1, 0.15) is 23.5 Å². The van der Waals surface area contributed by atoms with Gasteiger partial charge in [0.25, 0.3) is 0 Å². The number of aliphatic hydroxyl groups is 3. The molecule has 0 radical (unpaired) electrons. The number of hydrogen-bond donors (Lipinski definition) is 4. The number of hydrogen-bond acceptors (Lipinski definition) is 6. The molecule has 1 aromatic heterocycles. The van der Waals surface area contributed by atoms with Crippen molar-refractivity contribution in [3.05, 3.63) is 27.4 Å². The van der Waals surface area contributed by atoms with Crippen LogP contribution in [-0.4, -0.2) is 56.0 Å². The van der Waals surface area contributed by atoms with Crippen molar-refractivity contribution in [2.45, 2.75) is 24.0 Å². The molecule has 0 bridgehead atoms. The minimum atomic E-state index is -2.31. The summed E-state index contributed by atoms with van der Waals surface area (Å²) >= 11 is 4.75. The maximum atomic E-state index is 13.1. The Bertz CT molecular complexity index is 576. The molecule has 0 amide bonds. The standard InChI is InChI=1S/C10H13FN2O5S/c11-4-10(17)7(15)5(3-14)18-8(10)13-2-1-6(19)12-9(13)16/h1-2,5,7-8,14-15,17H,3-4H2,(H,12,16,19)/t5-,7?,8-,10-/m1/s1. The van der Waals surface area contributed by atoms with Gasteiger partial charge in [-0.05, 0) is 6.07 Å². The number of alkyl halides is 1. The number of ether oxygens (including phenoxy) is 1. The Hall–Kier alpha value is -1.13. The third-order valence-electron chi connectivity index (χ3n) is 3.09. The summed E-state index contributed by atoms with van der Waals surface area (Å²) in [5.74, 6) is 0. The first-order valence-corrected chi connectivity index (χ1v) is 5.89. The summed E-state index contributed by atoms with van der Waals surface area (Å²) in [6.45, 7) is -1.95. The third-order valence-corrected chi connectivity index (χ3v) is 3.33. The monoisotopic (exact) mass is 292 g/mol. The first-order valence-electron chi connectivity index (χ1n) is 5.48. The van der Waals surface area contributed by atoms with Crippen LogP contribution in [0, 0.1) is 4.64 Å². The molecule has 0 saturated carbocycles. The molecule has 1 fully saturated rings. The molecule has 2 rings (SSSR count). The number of aromatic amines is 1. The molecule has 1 aliphatic heterocycles. The number of aliphatic hydroxyl groups excluding tert-OH is 2. The smallest absolute Gasteiger partial charge is 0.328 e. The Labute approximate surface area is 111 Å². The van der Waals surface area contributed by atoms with Crippen LogP contribution in [0.5, 0.6) is 0 Å². The van der Waals surface area contributed by atoms with Crippen LogP contribution in [0.3, 0.4) is 0 Å². The van der Waals surface area contributed by atoms with E-state index in [1.807, 2.05) is 0 Å². The Kier molecular flexibility index (Phi) is 3.83. The van der Waals surface area contributed by atoms with Gasteiger partial charge in [-0.25, -0.2) is 9.18 Å². The van der Waals surface area contributed by atoms with Gasteiger partial charge in [0.15, 0.2) is 11.8 Å². The molecule has 7 nitrogen and oxygen atoms in total. The van der Waals surface area contributed by atoms with Crippen LogP contribution in [0.1, 0.15) is 6.23 Å². The fraction of sp³-hybridized carbons (Fsp3) is 0.600. The second-order valence-corrected chi connectivity index (χ2v) is 4.74. The van der Waals surface area contributed by atoms with Crippen molar-refractivity contribution >= 4 is 12.2 Å². The molecule has 1 saturated heterocycles. The van der Waals surface area contributed by atoms with Crippen LogP contribution in [0.2, 0.25) is 0 Å². The molecular formula is C10H13FN2O5S. The zero-order chi connectivity index (χ0) is 14.2. The molecule has 4 N–H and O–H groups in total. The highest BCUT2D eigenvalue weighted by atomic mass is 32.1. The molecule has 9 heteroatoms. The molecule has 1 aliphatic rings. The number of rotatable bonds is 3. The van der Waals surface area contributed by atoms with Crippen molar-refractivity contribution in [1.29, 1.82) is 0 Å². The van der Waals surface area contributed by atoms with Crippen molar-refractivity contribution in [3.8, 4) is 0 Å². The summed E-state index contributed by atoms with van der Waals surface area (Å²) in [6, 6.07) is 1.36. The van der Waals surface area contributed by atoms with Crippen LogP contribution in [0.4, 0.5) is 4.39 Å². The minimum absolute atomic E-state index is 0.169. The van der Waals surface area contributed by atoms with E-state index in [0.29, 0.717) is 0 Å². The lowest BCUT2D eigenvalue weighted by Crippen LogP contribution is -2.50. The maximum absolute atomic E-state index is 13.1. The summed E-state index contributed by atoms with van der Waals surface area (Å²) < 4.78 is 19.3. The van der Waals surface area contributed by atoms with Crippen molar-refractivity contribution in [1.82, 2.24) is 9.55 Å². The third kappa shape index (κ3) is 2.23. The highest BCUT2D eigenvalue weighted by Crippen LogP contribution is 2.37. The van der Waals surface area contributed by atoms with E-state index < -0.39 is 43.0 Å². The first-order chi connectivity index (χ1) is 8.93. The average Bonchev–Trinajstić information content (AvgIpc) is 2.63. The second-order valence-electron chi connectivity index (χ2n) is 4.30. The molecule has 0 spiro atoms. The van der Waals surface area contributed by atoms with Gasteiger partial charge in [0.05, 0.1) is 6.61 Å². The van der Waals surface area contributed by atoms with E-state index >= 15 is 0 Å². The SMILES string of the molecule is O=c1[nH]c(=S)ccn1[C@@H]1O[C@H](CO)C(O)[C@]1(O)CF. The normalized spacial score (nSPS) is 34.6. The van der Waals surface area contributed by atoms with Crippen LogP contribution >= 0.6 is 12.2 Å². The van der Waals surface area contributed by atoms with Gasteiger partial charge in [-0.15, -0.1) is 0 Å². The number of nitrogens with one attached hydrogen (secondary N) is 1. The Balaban J connectivity index is 2.48. The molecule has 0 aliphatic carbocycles. The summed E-state index contributed by atoms with van der Waals surface area (Å²) in [5.41, 5.74) is -3.02. The molecule has 106 valence electrons. The van der Waals surface area contributed by atoms with Gasteiger partial charge >= 0.3 is 5.69 Å². The van der Waals surface area contributed by atoms with Gasteiger partial charge < -0.3 is 20.1 Å². The largest absolute Gasteiger partial charge is 0.394 e. The Morgan fingerprint density at radius 3 is 2.84 bits per heavy atom. The summed E-state index contributed by atoms with van der Waals surface area (Å²) in [4.78, 5) is 14.0. The maximum Gasteiger partial charge on any atom is 0.328 e. The van der Waals surface area contributed by atoms with Crippen molar-refractivity contribution in [3.63, 3.8) is 0 Å². The topological polar surface area (TPSA) is 108 Å². The van der Waals surface area contributed by atoms with Crippen molar-refractivity contribution < 1.29 is 24.4 Å². The van der Waals surface area contributed by atoms with Gasteiger partial charge in [0.2, 0.25) is 0 Å². The van der Waals surface area contributed by atoms with Gasteiger partial charge in [0, 0.05) is 6.20 Å². The molecule has 1 aromatic rings. The Morgan fingerprint density at radius 2 is 2.32 bits per heavy atom. The number of halogens is 1. The predicted octanol–water partition coefficient (Wildman–Crippen LogP) is -1.14. The van der Waals surface area contributed by atoms with E-state index in [1.165, 1.54) is 12.3 Å². The molecular weight excluding hydrogens is 279 g/mol. The van der Waals surface area contributed by atoms with Crippen molar-refractivity contribution in [2.75, 3.05) is 13.3 Å². The lowest BCUT2D eigenvalue weighted by Gasteiger charge is -2.28. The number of H-pyrrole nitrogens is 1. The van der Waals surface area contributed by atoms with E-state index in [2.05, 4.69) is 4.98 Å². The number of nitrogens with zero attached hydrogens (tertiary/aromatic N) is 1. The lowest BCUT2D eigenvalue weighted by atomic mass is 9.95. The number of aromatic nitrogens is 2. The van der Waals surface area contributed by atoms with Crippen LogP contribution in [0.25, 0.3) is 0 Å². The minimum Gasteiger partial charge on any atom is -0.394 e. The second kappa shape index (κ2) is 5.10. The molecule has 4 atom stereocenters. The van der Waals surface area contributed by atoms with Crippen LogP contribution < -0.4 is 5.69 Å². The Morgan fingerprint density at radius 1 is 1.63 bits per heavy atom. The van der Waals surface area contributed by atoms with Crippen LogP contribution in [0.15, 0.2) is 17.1 Å². The quantitative estimate of drug-likeness (QED) is 0.524. The van der Waals surface area contributed by atoms with E-state index in [4.69, 9.17) is 22.1 Å². The molecule has 2 heterocycles. The summed E-state index contributed by atoms with van der Waals surface area (Å²) in [6.07, 6.45) is -3.06. The molecule has 19 heavy (non-hydrogen) atoms. The summed E-state index contributed by atoms with van der Waals surface area (Å²) in [7, 11) is 0. The highest BCUT2D eigenvalue weighted by molar-refractivity contribution is 7.71. The van der Waals surface area contributed by atoms with E-state index in [0.717, 1.165) is 4.57 Å². The molecule has 0 aromatic carbocycles. The zero-order valence-electron chi connectivity index (χ0n) is 9.69. The van der Waals surface area contributed by atoms with E-state index in [9.17, 15) is 19.4 Å². The fourth-order valence-corrected chi connectivity index (χ4v) is 2.18. The van der Waals surface area contributed by atoms with Crippen LogP contribution in [-0.2, 0) is 4.74 Å². The zero-order valence-corrected chi connectivity index (χ0v) is 10.5. The van der Waals surface area contributed by atoms with Crippen molar-refractivity contribution in [2.24, 2.45) is 0 Å². The van der Waals surface area contributed by atoms with Gasteiger partial charge in [-0.3, -0.25) is 9.55 Å². The summed E-state index contributed by atoms with van der Waals surface area (Å²) in [5, 5.41) is 28.9. The van der Waals surface area contributed by atoms with Gasteiger partial charge in [-0.1, -0.05) is 12.2 Å². The van der Waals surface area contributed by atoms with Gasteiger partial charge in [-0.2, -0.15) is 0 Å². The fourth-order valence-electron chi connectivity index (χ4n) is 2.03. The lowest BCUT2D eigenvalue weighted by molar-refractivity contribution is -0.121. The first kappa shape index (κ1) is 14.3. The molecule has 1 unspecified atom stereocenters. The predicted molar refractivity (Wildman–Crippen MR) is 63.8 cm³/mol. The average molecular weight is 292 g/mol.